The lowest BCUT2D eigenvalue weighted by atomic mass is 9.82. The Kier molecular flexibility index (Phi) is 5.26. The van der Waals surface area contributed by atoms with Gasteiger partial charge in [0.15, 0.2) is 5.78 Å². The average molecular weight is 349 g/mol. The molecule has 1 fully saturated rings. The molecule has 0 saturated heterocycles. The highest BCUT2D eigenvalue weighted by atomic mass is 16.1. The molecule has 3 nitrogen and oxygen atoms in total. The van der Waals surface area contributed by atoms with Crippen LogP contribution in [-0.2, 0) is 0 Å². The Morgan fingerprint density at radius 1 is 1.04 bits per heavy atom. The topological polar surface area (TPSA) is 46.2 Å². The van der Waals surface area contributed by atoms with Gasteiger partial charge in [-0.3, -0.25) is 9.59 Å². The fraction of sp³-hybridized carbons (Fsp3) is 0.391. The highest BCUT2D eigenvalue weighted by molar-refractivity contribution is 5.96. The summed E-state index contributed by atoms with van der Waals surface area (Å²) in [5.74, 6) is 0.592. The lowest BCUT2D eigenvalue weighted by Gasteiger charge is -2.27. The zero-order valence-electron chi connectivity index (χ0n) is 15.8. The zero-order valence-corrected chi connectivity index (χ0v) is 15.8. The van der Waals surface area contributed by atoms with Crippen LogP contribution in [0.5, 0.6) is 0 Å². The number of benzene rings is 2. The second-order valence-corrected chi connectivity index (χ2v) is 8.00. The molecule has 1 amide bonds. The van der Waals surface area contributed by atoms with Crippen molar-refractivity contribution in [2.45, 2.75) is 40.0 Å². The molecule has 3 heteroatoms. The van der Waals surface area contributed by atoms with Crippen LogP contribution in [0.3, 0.4) is 0 Å². The quantitative estimate of drug-likeness (QED) is 0.762. The standard InChI is InChI=1S/C23H27NO2/c1-16(25)19-6-4-7-20(14-19)17-9-11-18(12-10-17)22(26)24-15-21-8-5-13-23(21,2)3/h4,6-7,9-12,14,21H,5,8,13,15H2,1-3H3,(H,24,26). The minimum Gasteiger partial charge on any atom is -0.352 e. The van der Waals surface area contributed by atoms with E-state index in [0.717, 1.165) is 17.7 Å². The molecule has 2 aromatic rings. The van der Waals surface area contributed by atoms with Gasteiger partial charge in [0.2, 0.25) is 0 Å². The van der Waals surface area contributed by atoms with Crippen LogP contribution in [0.15, 0.2) is 48.5 Å². The number of carbonyl (C=O) groups excluding carboxylic acids is 2. The van der Waals surface area contributed by atoms with E-state index >= 15 is 0 Å². The first-order valence-corrected chi connectivity index (χ1v) is 9.36. The van der Waals surface area contributed by atoms with Crippen molar-refractivity contribution >= 4 is 11.7 Å². The summed E-state index contributed by atoms with van der Waals surface area (Å²) in [6.07, 6.45) is 3.68. The number of nitrogens with one attached hydrogen (secondary N) is 1. The first-order chi connectivity index (χ1) is 12.4. The van der Waals surface area contributed by atoms with E-state index in [2.05, 4.69) is 19.2 Å². The Morgan fingerprint density at radius 2 is 1.77 bits per heavy atom. The van der Waals surface area contributed by atoms with Crippen molar-refractivity contribution in [2.75, 3.05) is 6.54 Å². The van der Waals surface area contributed by atoms with E-state index in [1.54, 1.807) is 6.92 Å². The van der Waals surface area contributed by atoms with Crippen molar-refractivity contribution in [2.24, 2.45) is 11.3 Å². The van der Waals surface area contributed by atoms with Gasteiger partial charge in [-0.25, -0.2) is 0 Å². The van der Waals surface area contributed by atoms with Gasteiger partial charge in [0.25, 0.3) is 5.91 Å². The smallest absolute Gasteiger partial charge is 0.251 e. The first-order valence-electron chi connectivity index (χ1n) is 9.36. The van der Waals surface area contributed by atoms with Gasteiger partial charge in [-0.1, -0.05) is 50.6 Å². The predicted molar refractivity (Wildman–Crippen MR) is 105 cm³/mol. The van der Waals surface area contributed by atoms with Crippen molar-refractivity contribution in [3.05, 3.63) is 59.7 Å². The molecule has 0 spiro atoms. The Labute approximate surface area is 155 Å². The lowest BCUT2D eigenvalue weighted by molar-refractivity contribution is 0.0936. The summed E-state index contributed by atoms with van der Waals surface area (Å²) >= 11 is 0. The van der Waals surface area contributed by atoms with Crippen LogP contribution in [0.1, 0.15) is 60.7 Å². The maximum atomic E-state index is 12.4. The van der Waals surface area contributed by atoms with Crippen LogP contribution >= 0.6 is 0 Å². The molecule has 1 saturated carbocycles. The number of carbonyl (C=O) groups is 2. The molecule has 0 bridgehead atoms. The Morgan fingerprint density at radius 3 is 2.38 bits per heavy atom. The van der Waals surface area contributed by atoms with E-state index in [4.69, 9.17) is 0 Å². The van der Waals surface area contributed by atoms with Gasteiger partial charge in [-0.05, 0) is 60.4 Å². The molecule has 1 N–H and O–H groups in total. The fourth-order valence-electron chi connectivity index (χ4n) is 3.83. The molecule has 26 heavy (non-hydrogen) atoms. The first kappa shape index (κ1) is 18.4. The summed E-state index contributed by atoms with van der Waals surface area (Å²) < 4.78 is 0. The molecule has 0 heterocycles. The van der Waals surface area contributed by atoms with Gasteiger partial charge in [-0.15, -0.1) is 0 Å². The van der Waals surface area contributed by atoms with Gasteiger partial charge >= 0.3 is 0 Å². The van der Waals surface area contributed by atoms with Gasteiger partial charge in [0.05, 0.1) is 0 Å². The summed E-state index contributed by atoms with van der Waals surface area (Å²) in [5, 5.41) is 3.10. The van der Waals surface area contributed by atoms with E-state index < -0.39 is 0 Å². The summed E-state index contributed by atoms with van der Waals surface area (Å²) in [5.41, 5.74) is 3.67. The Bertz CT molecular complexity index is 805. The van der Waals surface area contributed by atoms with E-state index in [-0.39, 0.29) is 11.7 Å². The van der Waals surface area contributed by atoms with Crippen molar-refractivity contribution in [3.63, 3.8) is 0 Å². The molecule has 1 atom stereocenters. The van der Waals surface area contributed by atoms with Crippen LogP contribution in [-0.4, -0.2) is 18.2 Å². The van der Waals surface area contributed by atoms with Crippen LogP contribution < -0.4 is 5.32 Å². The van der Waals surface area contributed by atoms with Crippen molar-refractivity contribution in [3.8, 4) is 11.1 Å². The molecule has 2 aromatic carbocycles. The highest BCUT2D eigenvalue weighted by Crippen LogP contribution is 2.42. The van der Waals surface area contributed by atoms with E-state index in [0.29, 0.717) is 22.5 Å². The fourth-order valence-corrected chi connectivity index (χ4v) is 3.83. The summed E-state index contributed by atoms with van der Waals surface area (Å²) in [6.45, 7) is 6.90. The third-order valence-corrected chi connectivity index (χ3v) is 5.74. The van der Waals surface area contributed by atoms with E-state index in [1.165, 1.54) is 19.3 Å². The number of Topliss-reactive ketones (excluding diaryl/α,β-unsaturated/α-hetero) is 1. The van der Waals surface area contributed by atoms with Crippen molar-refractivity contribution in [1.82, 2.24) is 5.32 Å². The summed E-state index contributed by atoms with van der Waals surface area (Å²) in [7, 11) is 0. The van der Waals surface area contributed by atoms with Crippen molar-refractivity contribution in [1.29, 1.82) is 0 Å². The minimum absolute atomic E-state index is 0.0169. The van der Waals surface area contributed by atoms with Gasteiger partial charge in [-0.2, -0.15) is 0 Å². The number of rotatable bonds is 5. The summed E-state index contributed by atoms with van der Waals surface area (Å²) in [4.78, 5) is 24.0. The Hall–Kier alpha value is -2.42. The van der Waals surface area contributed by atoms with Gasteiger partial charge < -0.3 is 5.32 Å². The molecule has 3 rings (SSSR count). The largest absolute Gasteiger partial charge is 0.352 e. The minimum atomic E-state index is -0.0169. The molecular weight excluding hydrogens is 322 g/mol. The average Bonchev–Trinajstić information content (AvgIpc) is 2.98. The SMILES string of the molecule is CC(=O)c1cccc(-c2ccc(C(=O)NCC3CCCC3(C)C)cc2)c1. The zero-order chi connectivity index (χ0) is 18.7. The maximum Gasteiger partial charge on any atom is 0.251 e. The van der Waals surface area contributed by atoms with Gasteiger partial charge in [0, 0.05) is 17.7 Å². The normalized spacial score (nSPS) is 18.5. The van der Waals surface area contributed by atoms with Gasteiger partial charge in [0.1, 0.15) is 0 Å². The number of hydrogen-bond acceptors (Lipinski definition) is 2. The molecular formula is C23H27NO2. The third kappa shape index (κ3) is 4.04. The molecule has 0 aromatic heterocycles. The second-order valence-electron chi connectivity index (χ2n) is 8.00. The van der Waals surface area contributed by atoms with Crippen LogP contribution in [0.25, 0.3) is 11.1 Å². The van der Waals surface area contributed by atoms with Crippen LogP contribution in [0.4, 0.5) is 0 Å². The number of amides is 1. The molecule has 136 valence electrons. The molecule has 0 radical (unpaired) electrons. The summed E-state index contributed by atoms with van der Waals surface area (Å²) in [6, 6.07) is 15.1. The molecule has 1 aliphatic rings. The molecule has 1 unspecified atom stereocenters. The third-order valence-electron chi connectivity index (χ3n) is 5.74. The van der Waals surface area contributed by atoms with Crippen molar-refractivity contribution < 1.29 is 9.59 Å². The second kappa shape index (κ2) is 7.45. The molecule has 0 aliphatic heterocycles. The highest BCUT2D eigenvalue weighted by Gasteiger charge is 2.34. The Balaban J connectivity index is 1.66. The van der Waals surface area contributed by atoms with E-state index in [1.807, 2.05) is 48.5 Å². The molecule has 1 aliphatic carbocycles. The monoisotopic (exact) mass is 349 g/mol. The van der Waals surface area contributed by atoms with Crippen LogP contribution in [0.2, 0.25) is 0 Å². The lowest BCUT2D eigenvalue weighted by Crippen LogP contribution is -2.33. The van der Waals surface area contributed by atoms with Crippen LogP contribution in [0, 0.1) is 11.3 Å². The number of hydrogen-bond donors (Lipinski definition) is 1. The maximum absolute atomic E-state index is 12.4. The predicted octanol–water partition coefficient (Wildman–Crippen LogP) is 5.11. The number of ketones is 1. The van der Waals surface area contributed by atoms with E-state index in [9.17, 15) is 9.59 Å².